The first-order valence-corrected chi connectivity index (χ1v) is 12.8. The van der Waals surface area contributed by atoms with E-state index in [1.54, 1.807) is 0 Å². The van der Waals surface area contributed by atoms with Gasteiger partial charge in [0.15, 0.2) is 5.82 Å². The average molecular weight is 474 g/mol. The van der Waals surface area contributed by atoms with Crippen molar-refractivity contribution in [3.63, 3.8) is 0 Å². The molecule has 184 valence electrons. The average Bonchev–Trinajstić information content (AvgIpc) is 3.59. The molecule has 8 nitrogen and oxygen atoms in total. The number of benzene rings is 1. The monoisotopic (exact) mass is 473 g/mol. The summed E-state index contributed by atoms with van der Waals surface area (Å²) in [6.07, 6.45) is 15.3. The van der Waals surface area contributed by atoms with E-state index in [1.165, 1.54) is 6.42 Å². The molecule has 5 rings (SSSR count). The highest BCUT2D eigenvalue weighted by Gasteiger charge is 2.38. The normalized spacial score (nSPS) is 23.2. The van der Waals surface area contributed by atoms with Gasteiger partial charge in [0.05, 0.1) is 0 Å². The fraction of sp³-hybridized carbons (Fsp3) is 0.519. The van der Waals surface area contributed by atoms with Gasteiger partial charge in [-0.25, -0.2) is 9.89 Å². The van der Waals surface area contributed by atoms with E-state index in [2.05, 4.69) is 70.8 Å². The van der Waals surface area contributed by atoms with Crippen LogP contribution in [0.2, 0.25) is 0 Å². The third-order valence-electron chi connectivity index (χ3n) is 7.95. The lowest BCUT2D eigenvalue weighted by atomic mass is 9.76. The van der Waals surface area contributed by atoms with Gasteiger partial charge < -0.3 is 0 Å². The predicted molar refractivity (Wildman–Crippen MR) is 138 cm³/mol. The maximum absolute atomic E-state index is 14.0. The topological polar surface area (TPSA) is 93.7 Å². The summed E-state index contributed by atoms with van der Waals surface area (Å²) in [5.41, 5.74) is 3.04. The molecule has 1 saturated carbocycles. The summed E-state index contributed by atoms with van der Waals surface area (Å²) in [6.45, 7) is 7.37. The van der Waals surface area contributed by atoms with E-state index in [0.717, 1.165) is 55.3 Å². The molecule has 1 aliphatic carbocycles. The number of hydrogen-bond donors (Lipinski definition) is 1. The second-order valence-corrected chi connectivity index (χ2v) is 10.7. The summed E-state index contributed by atoms with van der Waals surface area (Å²) in [6, 6.07) is 8.53. The first-order valence-electron chi connectivity index (χ1n) is 12.8. The second-order valence-electron chi connectivity index (χ2n) is 10.7. The number of imidazole rings is 1. The minimum absolute atomic E-state index is 0.113. The highest BCUT2D eigenvalue weighted by Crippen LogP contribution is 2.45. The van der Waals surface area contributed by atoms with Crippen molar-refractivity contribution in [3.05, 3.63) is 64.5 Å². The number of nitrogens with one attached hydrogen (secondary N) is 1. The number of rotatable bonds is 8. The Morgan fingerprint density at radius 1 is 1.26 bits per heavy atom. The quantitative estimate of drug-likeness (QED) is 0.506. The van der Waals surface area contributed by atoms with E-state index in [4.69, 9.17) is 0 Å². The summed E-state index contributed by atoms with van der Waals surface area (Å²) in [5.74, 6) is 0.630. The number of aromatic nitrogens is 6. The van der Waals surface area contributed by atoms with Crippen molar-refractivity contribution in [1.82, 2.24) is 29.8 Å². The van der Waals surface area contributed by atoms with Crippen LogP contribution in [0.25, 0.3) is 11.4 Å². The molecule has 2 atom stereocenters. The third-order valence-corrected chi connectivity index (χ3v) is 7.95. The first kappa shape index (κ1) is 23.5. The van der Waals surface area contributed by atoms with Crippen LogP contribution >= 0.6 is 0 Å². The fourth-order valence-corrected chi connectivity index (χ4v) is 5.81. The summed E-state index contributed by atoms with van der Waals surface area (Å²) in [5, 5.41) is 14.4. The molecule has 35 heavy (non-hydrogen) atoms. The van der Waals surface area contributed by atoms with Gasteiger partial charge in [-0.2, -0.15) is 0 Å². The Morgan fingerprint density at radius 3 is 2.83 bits per heavy atom. The zero-order valence-electron chi connectivity index (χ0n) is 20.9. The summed E-state index contributed by atoms with van der Waals surface area (Å²) in [4.78, 5) is 18.3. The zero-order valence-corrected chi connectivity index (χ0v) is 20.9. The van der Waals surface area contributed by atoms with Crippen molar-refractivity contribution in [2.45, 2.75) is 83.7 Å². The molecule has 1 aromatic carbocycles. The molecule has 0 saturated heterocycles. The van der Waals surface area contributed by atoms with Gasteiger partial charge in [0.1, 0.15) is 0 Å². The van der Waals surface area contributed by atoms with Crippen molar-refractivity contribution in [3.8, 4) is 11.4 Å². The smallest absolute Gasteiger partial charge is 0.295 e. The SMILES string of the molecule is CCCCc1cn(C2CCCC2(C)C)c(=O)n1CC1(c2cccc(-c3nnn[nH]3)c2)C=CN=CC1. The van der Waals surface area contributed by atoms with Crippen LogP contribution in [-0.4, -0.2) is 36.0 Å². The van der Waals surface area contributed by atoms with Gasteiger partial charge in [-0.15, -0.1) is 5.10 Å². The molecule has 0 radical (unpaired) electrons. The van der Waals surface area contributed by atoms with Gasteiger partial charge in [0.2, 0.25) is 0 Å². The van der Waals surface area contributed by atoms with Gasteiger partial charge in [-0.05, 0) is 59.6 Å². The number of aryl methyl sites for hydroxylation is 1. The molecule has 2 aromatic heterocycles. The lowest BCUT2D eigenvalue weighted by Gasteiger charge is -2.32. The lowest BCUT2D eigenvalue weighted by molar-refractivity contribution is 0.253. The Morgan fingerprint density at radius 2 is 2.14 bits per heavy atom. The minimum Gasteiger partial charge on any atom is -0.295 e. The van der Waals surface area contributed by atoms with Crippen LogP contribution in [0.1, 0.15) is 76.6 Å². The molecule has 0 bridgehead atoms. The molecule has 0 spiro atoms. The summed E-state index contributed by atoms with van der Waals surface area (Å²) in [7, 11) is 0. The van der Waals surface area contributed by atoms with Crippen LogP contribution in [0.3, 0.4) is 0 Å². The van der Waals surface area contributed by atoms with Gasteiger partial charge >= 0.3 is 5.69 Å². The molecule has 1 aliphatic heterocycles. The van der Waals surface area contributed by atoms with Gasteiger partial charge in [0.25, 0.3) is 0 Å². The number of aliphatic imine (C=N–C) groups is 1. The summed E-state index contributed by atoms with van der Waals surface area (Å²) < 4.78 is 4.08. The van der Waals surface area contributed by atoms with E-state index in [1.807, 2.05) is 33.7 Å². The Labute approximate surface area is 206 Å². The Kier molecular flexibility index (Phi) is 6.30. The van der Waals surface area contributed by atoms with E-state index in [0.29, 0.717) is 12.4 Å². The van der Waals surface area contributed by atoms with Gasteiger partial charge in [-0.3, -0.25) is 14.1 Å². The number of allylic oxidation sites excluding steroid dienone is 1. The van der Waals surface area contributed by atoms with Crippen LogP contribution in [0.15, 0.2) is 52.5 Å². The molecule has 1 N–H and O–H groups in total. The van der Waals surface area contributed by atoms with E-state index in [-0.39, 0.29) is 22.6 Å². The van der Waals surface area contributed by atoms with E-state index in [9.17, 15) is 4.79 Å². The molecule has 2 aliphatic rings. The number of hydrogen-bond acceptors (Lipinski definition) is 5. The predicted octanol–water partition coefficient (Wildman–Crippen LogP) is 4.85. The standard InChI is InChI=1S/C27H35N7O/c1-4-5-10-22-18-33(23-11-7-12-26(23,2)3)25(35)34(22)19-27(13-15-28-16-14-27)21-9-6-8-20(17-21)24-29-31-32-30-24/h6,8-9,13,15-18,23H,4-5,7,10-12,14,19H2,1-3H3,(H,29,30,31,32). The zero-order chi connectivity index (χ0) is 24.5. The lowest BCUT2D eigenvalue weighted by Crippen LogP contribution is -2.38. The maximum Gasteiger partial charge on any atom is 0.328 e. The van der Waals surface area contributed by atoms with Crippen LogP contribution in [0, 0.1) is 5.41 Å². The van der Waals surface area contributed by atoms with Crippen molar-refractivity contribution >= 4 is 6.21 Å². The third kappa shape index (κ3) is 4.42. The largest absolute Gasteiger partial charge is 0.328 e. The van der Waals surface area contributed by atoms with Crippen molar-refractivity contribution in [1.29, 1.82) is 0 Å². The van der Waals surface area contributed by atoms with Crippen LogP contribution < -0.4 is 5.69 Å². The second kappa shape index (κ2) is 9.40. The molecule has 3 aromatic rings. The first-order chi connectivity index (χ1) is 16.9. The number of tetrazole rings is 1. The van der Waals surface area contributed by atoms with E-state index >= 15 is 0 Å². The molecule has 3 heterocycles. The maximum atomic E-state index is 14.0. The molecule has 1 fully saturated rings. The number of H-pyrrole nitrogens is 1. The van der Waals surface area contributed by atoms with Crippen LogP contribution in [-0.2, 0) is 18.4 Å². The van der Waals surface area contributed by atoms with Crippen molar-refractivity contribution in [2.24, 2.45) is 10.4 Å². The highest BCUT2D eigenvalue weighted by molar-refractivity contribution is 5.65. The molecule has 2 unspecified atom stereocenters. The van der Waals surface area contributed by atoms with Crippen molar-refractivity contribution < 1.29 is 0 Å². The molecular weight excluding hydrogens is 438 g/mol. The number of unbranched alkanes of at least 4 members (excludes halogenated alkanes) is 1. The molecular formula is C27H35N7O. The Bertz CT molecular complexity index is 1280. The summed E-state index contributed by atoms with van der Waals surface area (Å²) >= 11 is 0. The number of aromatic amines is 1. The van der Waals surface area contributed by atoms with Gasteiger partial charge in [-0.1, -0.05) is 57.9 Å². The van der Waals surface area contributed by atoms with Crippen molar-refractivity contribution in [2.75, 3.05) is 0 Å². The molecule has 8 heteroatoms. The fourth-order valence-electron chi connectivity index (χ4n) is 5.81. The molecule has 0 amide bonds. The highest BCUT2D eigenvalue weighted by atomic mass is 16.1. The Hall–Kier alpha value is -3.29. The minimum atomic E-state index is -0.382. The van der Waals surface area contributed by atoms with Crippen LogP contribution in [0.5, 0.6) is 0 Å². The Balaban J connectivity index is 1.58. The van der Waals surface area contributed by atoms with Gasteiger partial charge in [0, 0.05) is 47.9 Å². The van der Waals surface area contributed by atoms with E-state index < -0.39 is 0 Å². The van der Waals surface area contributed by atoms with Crippen LogP contribution in [0.4, 0.5) is 0 Å². The number of nitrogens with zero attached hydrogens (tertiary/aromatic N) is 6.